The molecular formula is C16H27NO2. The van der Waals surface area contributed by atoms with Gasteiger partial charge in [0.05, 0.1) is 13.2 Å². The fourth-order valence-corrected chi connectivity index (χ4v) is 2.41. The van der Waals surface area contributed by atoms with Gasteiger partial charge < -0.3 is 15.2 Å². The van der Waals surface area contributed by atoms with Gasteiger partial charge in [0.1, 0.15) is 5.75 Å². The van der Waals surface area contributed by atoms with Crippen LogP contribution in [0.4, 0.5) is 0 Å². The predicted octanol–water partition coefficient (Wildman–Crippen LogP) is 3.12. The Hall–Kier alpha value is -1.06. The molecule has 1 aromatic rings. The lowest BCUT2D eigenvalue weighted by atomic mass is 9.97. The molecule has 0 aliphatic heterocycles. The second kappa shape index (κ2) is 6.92. The van der Waals surface area contributed by atoms with Crippen LogP contribution < -0.4 is 10.1 Å². The molecule has 3 atom stereocenters. The van der Waals surface area contributed by atoms with Crippen LogP contribution in [0.5, 0.6) is 5.75 Å². The molecule has 0 bridgehead atoms. The van der Waals surface area contributed by atoms with Gasteiger partial charge in [-0.3, -0.25) is 0 Å². The van der Waals surface area contributed by atoms with Gasteiger partial charge >= 0.3 is 0 Å². The molecule has 3 heteroatoms. The summed E-state index contributed by atoms with van der Waals surface area (Å²) in [5, 5.41) is 14.0. The van der Waals surface area contributed by atoms with Crippen LogP contribution in [0.25, 0.3) is 0 Å². The van der Waals surface area contributed by atoms with Crippen molar-refractivity contribution >= 4 is 0 Å². The van der Waals surface area contributed by atoms with Gasteiger partial charge in [-0.25, -0.2) is 0 Å². The quantitative estimate of drug-likeness (QED) is 0.830. The van der Waals surface area contributed by atoms with Crippen LogP contribution in [-0.2, 0) is 0 Å². The third-order valence-electron chi connectivity index (χ3n) is 3.60. The number of hydrogen-bond acceptors (Lipinski definition) is 3. The van der Waals surface area contributed by atoms with Gasteiger partial charge in [0.25, 0.3) is 0 Å². The van der Waals surface area contributed by atoms with Gasteiger partial charge in [0.15, 0.2) is 0 Å². The monoisotopic (exact) mass is 265 g/mol. The van der Waals surface area contributed by atoms with Gasteiger partial charge in [-0.05, 0) is 45.7 Å². The molecule has 3 unspecified atom stereocenters. The van der Waals surface area contributed by atoms with Crippen molar-refractivity contribution in [1.29, 1.82) is 0 Å². The largest absolute Gasteiger partial charge is 0.496 e. The van der Waals surface area contributed by atoms with Crippen molar-refractivity contribution in [3.8, 4) is 5.75 Å². The Morgan fingerprint density at radius 2 is 1.89 bits per heavy atom. The maximum absolute atomic E-state index is 10.6. The molecule has 0 spiro atoms. The molecule has 0 aliphatic rings. The molecule has 2 N–H and O–H groups in total. The van der Waals surface area contributed by atoms with Crippen molar-refractivity contribution in [2.45, 2.75) is 59.2 Å². The van der Waals surface area contributed by atoms with E-state index in [9.17, 15) is 5.11 Å². The highest BCUT2D eigenvalue weighted by Crippen LogP contribution is 2.31. The van der Waals surface area contributed by atoms with E-state index in [1.165, 1.54) is 0 Å². The van der Waals surface area contributed by atoms with E-state index in [-0.39, 0.29) is 6.04 Å². The van der Waals surface area contributed by atoms with Crippen molar-refractivity contribution in [1.82, 2.24) is 5.32 Å². The number of benzene rings is 1. The number of rotatable bonds is 6. The molecule has 0 amide bonds. The minimum Gasteiger partial charge on any atom is -0.496 e. The first-order valence-corrected chi connectivity index (χ1v) is 6.99. The van der Waals surface area contributed by atoms with E-state index < -0.39 is 6.10 Å². The smallest absolute Gasteiger partial charge is 0.127 e. The number of aryl methyl sites for hydroxylation is 2. The molecule has 0 aromatic heterocycles. The zero-order valence-corrected chi connectivity index (χ0v) is 12.9. The van der Waals surface area contributed by atoms with Crippen LogP contribution in [0, 0.1) is 13.8 Å². The zero-order chi connectivity index (χ0) is 14.6. The first kappa shape index (κ1) is 16.0. The first-order chi connectivity index (χ1) is 8.90. The van der Waals surface area contributed by atoms with Gasteiger partial charge in [0, 0.05) is 17.6 Å². The van der Waals surface area contributed by atoms with Crippen molar-refractivity contribution in [2.24, 2.45) is 0 Å². The maximum Gasteiger partial charge on any atom is 0.127 e. The molecule has 1 aromatic carbocycles. The first-order valence-electron chi connectivity index (χ1n) is 6.99. The molecule has 19 heavy (non-hydrogen) atoms. The van der Waals surface area contributed by atoms with Crippen molar-refractivity contribution in [3.05, 3.63) is 28.8 Å². The van der Waals surface area contributed by atoms with Crippen LogP contribution in [0.2, 0.25) is 0 Å². The van der Waals surface area contributed by atoms with E-state index in [2.05, 4.69) is 25.2 Å². The number of nitrogens with one attached hydrogen (secondary N) is 1. The Labute approximate surface area is 117 Å². The highest BCUT2D eigenvalue weighted by atomic mass is 16.5. The summed E-state index contributed by atoms with van der Waals surface area (Å²) in [7, 11) is 1.65. The molecule has 108 valence electrons. The molecular weight excluding hydrogens is 238 g/mol. The molecule has 1 rings (SSSR count). The molecule has 3 nitrogen and oxygen atoms in total. The van der Waals surface area contributed by atoms with Crippen LogP contribution in [0.1, 0.15) is 50.0 Å². The number of hydrogen-bond donors (Lipinski definition) is 2. The van der Waals surface area contributed by atoms with Gasteiger partial charge in [-0.1, -0.05) is 18.6 Å². The second-order valence-electron chi connectivity index (χ2n) is 5.41. The third kappa shape index (κ3) is 3.95. The number of aliphatic hydroxyl groups is 1. The van der Waals surface area contributed by atoms with E-state index in [1.807, 2.05) is 26.8 Å². The second-order valence-corrected chi connectivity index (χ2v) is 5.41. The molecule has 0 radical (unpaired) electrons. The van der Waals surface area contributed by atoms with Crippen LogP contribution in [-0.4, -0.2) is 24.3 Å². The lowest BCUT2D eigenvalue weighted by Crippen LogP contribution is -2.38. The normalized spacial score (nSPS) is 15.9. The fraction of sp³-hybridized carbons (Fsp3) is 0.625. The average Bonchev–Trinajstić information content (AvgIpc) is 2.36. The third-order valence-corrected chi connectivity index (χ3v) is 3.60. The Bertz CT molecular complexity index is 417. The average molecular weight is 265 g/mol. The number of methoxy groups -OCH3 is 1. The minimum absolute atomic E-state index is 0.00921. The zero-order valence-electron chi connectivity index (χ0n) is 12.9. The van der Waals surface area contributed by atoms with Gasteiger partial charge in [-0.2, -0.15) is 0 Å². The summed E-state index contributed by atoms with van der Waals surface area (Å²) < 4.78 is 5.45. The summed E-state index contributed by atoms with van der Waals surface area (Å²) in [5.74, 6) is 0.788. The Kier molecular flexibility index (Phi) is 5.83. The summed E-state index contributed by atoms with van der Waals surface area (Å²) in [6.07, 6.45) is 0.476. The summed E-state index contributed by atoms with van der Waals surface area (Å²) in [4.78, 5) is 0. The Morgan fingerprint density at radius 1 is 1.26 bits per heavy atom. The van der Waals surface area contributed by atoms with Crippen LogP contribution >= 0.6 is 0 Å². The Balaban J connectivity index is 3.01. The van der Waals surface area contributed by atoms with Gasteiger partial charge in [-0.15, -0.1) is 0 Å². The Morgan fingerprint density at radius 3 is 2.42 bits per heavy atom. The maximum atomic E-state index is 10.6. The summed E-state index contributed by atoms with van der Waals surface area (Å²) >= 11 is 0. The minimum atomic E-state index is -0.567. The predicted molar refractivity (Wildman–Crippen MR) is 79.8 cm³/mol. The lowest BCUT2D eigenvalue weighted by Gasteiger charge is -2.26. The standard InChI is InChI=1S/C16H27NO2/c1-7-12(4)17-13(5)15(18)14-9-10(2)8-11(3)16(14)19-6/h8-9,12-13,15,17-18H,7H2,1-6H3. The summed E-state index contributed by atoms with van der Waals surface area (Å²) in [6, 6.07) is 4.46. The fourth-order valence-electron chi connectivity index (χ4n) is 2.41. The van der Waals surface area contributed by atoms with E-state index in [0.717, 1.165) is 28.9 Å². The van der Waals surface area contributed by atoms with E-state index in [0.29, 0.717) is 6.04 Å². The topological polar surface area (TPSA) is 41.5 Å². The summed E-state index contributed by atoms with van der Waals surface area (Å²) in [6.45, 7) is 10.3. The van der Waals surface area contributed by atoms with Crippen LogP contribution in [0.15, 0.2) is 12.1 Å². The molecule has 0 saturated heterocycles. The van der Waals surface area contributed by atoms with E-state index in [4.69, 9.17) is 4.74 Å². The van der Waals surface area contributed by atoms with Crippen molar-refractivity contribution < 1.29 is 9.84 Å². The van der Waals surface area contributed by atoms with Gasteiger partial charge in [0.2, 0.25) is 0 Å². The lowest BCUT2D eigenvalue weighted by molar-refractivity contribution is 0.127. The summed E-state index contributed by atoms with van der Waals surface area (Å²) in [5.41, 5.74) is 3.07. The molecule has 0 fully saturated rings. The SMILES string of the molecule is CCC(C)NC(C)C(O)c1cc(C)cc(C)c1OC. The van der Waals surface area contributed by atoms with Crippen LogP contribution in [0.3, 0.4) is 0 Å². The number of aliphatic hydroxyl groups excluding tert-OH is 1. The molecule has 0 saturated carbocycles. The highest BCUT2D eigenvalue weighted by molar-refractivity contribution is 5.45. The van der Waals surface area contributed by atoms with E-state index in [1.54, 1.807) is 7.11 Å². The molecule has 0 heterocycles. The van der Waals surface area contributed by atoms with Crippen molar-refractivity contribution in [2.75, 3.05) is 7.11 Å². The van der Waals surface area contributed by atoms with Crippen molar-refractivity contribution in [3.63, 3.8) is 0 Å². The van der Waals surface area contributed by atoms with E-state index >= 15 is 0 Å². The molecule has 0 aliphatic carbocycles. The highest BCUT2D eigenvalue weighted by Gasteiger charge is 2.22. The number of ether oxygens (including phenoxy) is 1.